The van der Waals surface area contributed by atoms with Crippen LogP contribution in [0.4, 0.5) is 11.4 Å². The van der Waals surface area contributed by atoms with Crippen molar-refractivity contribution in [3.63, 3.8) is 0 Å². The lowest BCUT2D eigenvalue weighted by Crippen LogP contribution is -2.38. The summed E-state index contributed by atoms with van der Waals surface area (Å²) in [6.07, 6.45) is 0. The van der Waals surface area contributed by atoms with Crippen molar-refractivity contribution in [2.45, 2.75) is 19.9 Å². The van der Waals surface area contributed by atoms with E-state index in [1.165, 1.54) is 0 Å². The van der Waals surface area contributed by atoms with Gasteiger partial charge in [0.25, 0.3) is 10.9 Å². The van der Waals surface area contributed by atoms with E-state index in [2.05, 4.69) is 5.32 Å². The minimum Gasteiger partial charge on any atom is -0.394 e. The first-order valence-electron chi connectivity index (χ1n) is 3.39. The molecular weight excluding hydrogens is 144 g/mol. The normalized spacial score (nSPS) is 10.8. The van der Waals surface area contributed by atoms with Gasteiger partial charge in [0.05, 0.1) is 0 Å². The molecule has 0 atom stereocenters. The summed E-state index contributed by atoms with van der Waals surface area (Å²) in [6, 6.07) is 0.126. The molecule has 1 aromatic rings. The van der Waals surface area contributed by atoms with Crippen molar-refractivity contribution in [2.75, 3.05) is 11.1 Å². The van der Waals surface area contributed by atoms with Crippen LogP contribution < -0.4 is 21.9 Å². The number of nitrogens with one attached hydrogen (secondary N) is 1. The Hall–Kier alpha value is -1.32. The molecule has 0 aliphatic rings. The Balaban J connectivity index is 2.91. The van der Waals surface area contributed by atoms with E-state index in [-0.39, 0.29) is 17.4 Å². The highest BCUT2D eigenvalue weighted by molar-refractivity contribution is 5.71. The van der Waals surface area contributed by atoms with E-state index in [4.69, 9.17) is 5.73 Å². The SMILES string of the molecule is CC(C)Nc1c(N)c(=O)c1=O. The summed E-state index contributed by atoms with van der Waals surface area (Å²) < 4.78 is 0. The zero-order valence-corrected chi connectivity index (χ0v) is 6.47. The van der Waals surface area contributed by atoms with Crippen molar-refractivity contribution < 1.29 is 0 Å². The molecule has 0 fully saturated rings. The third kappa shape index (κ3) is 1.11. The van der Waals surface area contributed by atoms with Gasteiger partial charge in [0.1, 0.15) is 11.4 Å². The molecule has 0 spiro atoms. The van der Waals surface area contributed by atoms with Crippen LogP contribution in [-0.4, -0.2) is 6.04 Å². The predicted octanol–water partition coefficient (Wildman–Crippen LogP) is -0.315. The van der Waals surface area contributed by atoms with Crippen LogP contribution in [0.1, 0.15) is 13.8 Å². The fourth-order valence-corrected chi connectivity index (χ4v) is 0.841. The largest absolute Gasteiger partial charge is 0.394 e. The first-order valence-corrected chi connectivity index (χ1v) is 3.39. The molecule has 4 heteroatoms. The average molecular weight is 154 g/mol. The van der Waals surface area contributed by atoms with Gasteiger partial charge in [0, 0.05) is 6.04 Å². The third-order valence-corrected chi connectivity index (χ3v) is 1.38. The number of nitrogen functional groups attached to an aromatic ring is 1. The monoisotopic (exact) mass is 154 g/mol. The van der Waals surface area contributed by atoms with Crippen LogP contribution in [0, 0.1) is 0 Å². The Kier molecular flexibility index (Phi) is 1.68. The van der Waals surface area contributed by atoms with Crippen LogP contribution in [0.2, 0.25) is 0 Å². The third-order valence-electron chi connectivity index (χ3n) is 1.38. The summed E-state index contributed by atoms with van der Waals surface area (Å²) in [4.78, 5) is 21.3. The molecule has 60 valence electrons. The second kappa shape index (κ2) is 2.38. The number of nitrogens with two attached hydrogens (primary N) is 1. The first-order chi connectivity index (χ1) is 5.04. The fraction of sp³-hybridized carbons (Fsp3) is 0.429. The summed E-state index contributed by atoms with van der Waals surface area (Å²) in [7, 11) is 0. The lowest BCUT2D eigenvalue weighted by Gasteiger charge is -2.12. The van der Waals surface area contributed by atoms with E-state index >= 15 is 0 Å². The van der Waals surface area contributed by atoms with Gasteiger partial charge in [-0.1, -0.05) is 0 Å². The molecule has 0 unspecified atom stereocenters. The Morgan fingerprint density at radius 3 is 2.18 bits per heavy atom. The van der Waals surface area contributed by atoms with Crippen LogP contribution in [0.5, 0.6) is 0 Å². The second-order valence-electron chi connectivity index (χ2n) is 2.75. The Morgan fingerprint density at radius 2 is 1.82 bits per heavy atom. The molecule has 0 aliphatic heterocycles. The summed E-state index contributed by atoms with van der Waals surface area (Å²) in [5.74, 6) is 0. The highest BCUT2D eigenvalue weighted by Crippen LogP contribution is 2.09. The lowest BCUT2D eigenvalue weighted by atomic mass is 10.2. The minimum absolute atomic E-state index is 0.0590. The van der Waals surface area contributed by atoms with Gasteiger partial charge in [0.2, 0.25) is 0 Å². The molecule has 0 aliphatic carbocycles. The van der Waals surface area contributed by atoms with Crippen molar-refractivity contribution in [2.24, 2.45) is 0 Å². The number of anilines is 2. The van der Waals surface area contributed by atoms with Crippen molar-refractivity contribution in [3.8, 4) is 0 Å². The molecule has 0 bridgehead atoms. The maximum atomic E-state index is 10.8. The molecule has 3 N–H and O–H groups in total. The highest BCUT2D eigenvalue weighted by atomic mass is 16.2. The summed E-state index contributed by atoms with van der Waals surface area (Å²) in [5, 5.41) is 2.79. The maximum Gasteiger partial charge on any atom is 0.253 e. The molecule has 1 aromatic carbocycles. The smallest absolute Gasteiger partial charge is 0.253 e. The molecule has 0 aromatic heterocycles. The molecule has 0 heterocycles. The molecule has 0 amide bonds. The van der Waals surface area contributed by atoms with Gasteiger partial charge in [-0.05, 0) is 13.8 Å². The topological polar surface area (TPSA) is 72.2 Å². The molecule has 0 saturated carbocycles. The Labute approximate surface area is 63.7 Å². The molecule has 11 heavy (non-hydrogen) atoms. The average Bonchev–Trinajstić information content (AvgIpc) is 1.98. The van der Waals surface area contributed by atoms with Crippen LogP contribution in [0.25, 0.3) is 0 Å². The minimum atomic E-state index is -0.576. The van der Waals surface area contributed by atoms with E-state index in [0.29, 0.717) is 0 Å². The van der Waals surface area contributed by atoms with Crippen molar-refractivity contribution >= 4 is 11.4 Å². The summed E-state index contributed by atoms with van der Waals surface area (Å²) in [6.45, 7) is 3.74. The second-order valence-corrected chi connectivity index (χ2v) is 2.75. The van der Waals surface area contributed by atoms with Gasteiger partial charge in [-0.2, -0.15) is 0 Å². The first kappa shape index (κ1) is 7.78. The highest BCUT2D eigenvalue weighted by Gasteiger charge is 2.17. The van der Waals surface area contributed by atoms with Gasteiger partial charge >= 0.3 is 0 Å². The lowest BCUT2D eigenvalue weighted by molar-refractivity contribution is 0.895. The van der Waals surface area contributed by atoms with Crippen LogP contribution in [0.3, 0.4) is 0 Å². The summed E-state index contributed by atoms with van der Waals surface area (Å²) in [5.41, 5.74) is 4.50. The molecule has 4 nitrogen and oxygen atoms in total. The summed E-state index contributed by atoms with van der Waals surface area (Å²) >= 11 is 0. The number of hydrogen-bond acceptors (Lipinski definition) is 4. The quantitative estimate of drug-likeness (QED) is 0.573. The van der Waals surface area contributed by atoms with Gasteiger partial charge < -0.3 is 11.1 Å². The van der Waals surface area contributed by atoms with E-state index in [0.717, 1.165) is 0 Å². The van der Waals surface area contributed by atoms with Crippen molar-refractivity contribution in [1.82, 2.24) is 0 Å². The molecule has 0 saturated heterocycles. The fourth-order valence-electron chi connectivity index (χ4n) is 0.841. The molecule has 1 rings (SSSR count). The van der Waals surface area contributed by atoms with E-state index in [9.17, 15) is 9.59 Å². The molecule has 0 radical (unpaired) electrons. The number of rotatable bonds is 2. The standard InChI is InChI=1S/C7H10N2O2/c1-3(2)9-5-4(8)6(10)7(5)11/h3,9H,8H2,1-2H3. The van der Waals surface area contributed by atoms with Gasteiger partial charge in [0.15, 0.2) is 0 Å². The predicted molar refractivity (Wildman–Crippen MR) is 44.5 cm³/mol. The Morgan fingerprint density at radius 1 is 1.27 bits per heavy atom. The van der Waals surface area contributed by atoms with Gasteiger partial charge in [-0.25, -0.2) is 0 Å². The van der Waals surface area contributed by atoms with Crippen LogP contribution in [0.15, 0.2) is 9.59 Å². The zero-order chi connectivity index (χ0) is 8.59. The van der Waals surface area contributed by atoms with Crippen molar-refractivity contribution in [1.29, 1.82) is 0 Å². The van der Waals surface area contributed by atoms with E-state index < -0.39 is 10.9 Å². The Bertz CT molecular complexity index is 334. The maximum absolute atomic E-state index is 10.8. The van der Waals surface area contributed by atoms with E-state index in [1.54, 1.807) is 0 Å². The van der Waals surface area contributed by atoms with Gasteiger partial charge in [-0.15, -0.1) is 0 Å². The van der Waals surface area contributed by atoms with Gasteiger partial charge in [-0.3, -0.25) is 9.59 Å². The van der Waals surface area contributed by atoms with Crippen molar-refractivity contribution in [3.05, 3.63) is 20.4 Å². The number of hydrogen-bond donors (Lipinski definition) is 2. The van der Waals surface area contributed by atoms with Crippen LogP contribution >= 0.6 is 0 Å². The van der Waals surface area contributed by atoms with Crippen LogP contribution in [-0.2, 0) is 0 Å². The zero-order valence-electron chi connectivity index (χ0n) is 6.47. The van der Waals surface area contributed by atoms with E-state index in [1.807, 2.05) is 13.8 Å². The molecular formula is C7H10N2O2.